The second kappa shape index (κ2) is 10.5. The smallest absolute Gasteiger partial charge is 0.236 e. The fourth-order valence-corrected chi connectivity index (χ4v) is 4.67. The highest BCUT2D eigenvalue weighted by molar-refractivity contribution is 6.02. The molecule has 34 heavy (non-hydrogen) atoms. The monoisotopic (exact) mass is 456 g/mol. The summed E-state index contributed by atoms with van der Waals surface area (Å²) in [7, 11) is 3.41. The lowest BCUT2D eigenvalue weighted by atomic mass is 9.69. The number of ketones is 2. The average Bonchev–Trinajstić information content (AvgIpc) is 2.88. The predicted octanol–water partition coefficient (Wildman–Crippen LogP) is 2.96. The number of hydrogen-bond acceptors (Lipinski definition) is 6. The average molecular weight is 457 g/mol. The number of benzene rings is 2. The van der Waals surface area contributed by atoms with E-state index in [4.69, 9.17) is 0 Å². The van der Waals surface area contributed by atoms with E-state index in [2.05, 4.69) is 9.97 Å². The Bertz CT molecular complexity index is 1070. The SMILES string of the molecule is CN(C)C(=O)CN1C[C@H](C(=O)c2ccccc2)C(c2cncnc2)[C@H](C(=O)c2ccccc2)C1. The van der Waals surface area contributed by atoms with E-state index < -0.39 is 17.8 Å². The van der Waals surface area contributed by atoms with Crippen molar-refractivity contribution < 1.29 is 14.4 Å². The topological polar surface area (TPSA) is 83.5 Å². The molecule has 0 aliphatic carbocycles. The van der Waals surface area contributed by atoms with Crippen molar-refractivity contribution in [1.29, 1.82) is 0 Å². The first-order chi connectivity index (χ1) is 16.5. The molecule has 7 heteroatoms. The zero-order valence-corrected chi connectivity index (χ0v) is 19.4. The molecule has 0 bridgehead atoms. The van der Waals surface area contributed by atoms with Crippen LogP contribution in [0.15, 0.2) is 79.4 Å². The van der Waals surface area contributed by atoms with E-state index in [1.54, 1.807) is 50.8 Å². The maximum absolute atomic E-state index is 13.8. The third kappa shape index (κ3) is 5.10. The lowest BCUT2D eigenvalue weighted by Gasteiger charge is -2.42. The Morgan fingerprint density at radius 1 is 0.824 bits per heavy atom. The van der Waals surface area contributed by atoms with Gasteiger partial charge in [0.05, 0.1) is 6.54 Å². The molecule has 0 spiro atoms. The van der Waals surface area contributed by atoms with Gasteiger partial charge in [0.15, 0.2) is 11.6 Å². The standard InChI is InChI=1S/C27H28N4O3/c1-30(2)24(32)17-31-15-22(26(33)19-9-5-3-6-10-19)25(21-13-28-18-29-14-21)23(16-31)27(34)20-11-7-4-8-12-20/h3-14,18,22-23,25H,15-17H2,1-2H3/t22-,23+,25?. The van der Waals surface area contributed by atoms with E-state index in [9.17, 15) is 14.4 Å². The number of aromatic nitrogens is 2. The molecule has 4 rings (SSSR count). The summed E-state index contributed by atoms with van der Waals surface area (Å²) in [5.74, 6) is -1.65. The highest BCUT2D eigenvalue weighted by atomic mass is 16.2. The fourth-order valence-electron chi connectivity index (χ4n) is 4.67. The number of nitrogens with zero attached hydrogens (tertiary/aromatic N) is 4. The molecule has 1 saturated heterocycles. The van der Waals surface area contributed by atoms with Crippen LogP contribution in [0.25, 0.3) is 0 Å². The van der Waals surface area contributed by atoms with Crippen LogP contribution in [0.5, 0.6) is 0 Å². The number of piperidine rings is 1. The maximum atomic E-state index is 13.8. The van der Waals surface area contributed by atoms with Crippen molar-refractivity contribution in [3.63, 3.8) is 0 Å². The highest BCUT2D eigenvalue weighted by Crippen LogP contribution is 2.40. The number of carbonyl (C=O) groups is 3. The molecule has 2 heterocycles. The van der Waals surface area contributed by atoms with Gasteiger partial charge < -0.3 is 4.90 Å². The van der Waals surface area contributed by atoms with E-state index in [1.165, 1.54) is 11.2 Å². The normalized spacial score (nSPS) is 20.5. The van der Waals surface area contributed by atoms with Gasteiger partial charge >= 0.3 is 0 Å². The number of likely N-dealkylation sites (tertiary alicyclic amines) is 1. The van der Waals surface area contributed by atoms with Gasteiger partial charge in [-0.25, -0.2) is 9.97 Å². The van der Waals surface area contributed by atoms with Gasteiger partial charge in [-0.1, -0.05) is 60.7 Å². The van der Waals surface area contributed by atoms with Gasteiger partial charge in [0.25, 0.3) is 0 Å². The highest BCUT2D eigenvalue weighted by Gasteiger charge is 2.45. The molecule has 1 aliphatic rings. The zero-order chi connectivity index (χ0) is 24.1. The third-order valence-corrected chi connectivity index (χ3v) is 6.39. The summed E-state index contributed by atoms with van der Waals surface area (Å²) in [6, 6.07) is 18.2. The van der Waals surface area contributed by atoms with Crippen LogP contribution in [-0.4, -0.2) is 71.0 Å². The van der Waals surface area contributed by atoms with Crippen molar-refractivity contribution in [1.82, 2.24) is 19.8 Å². The molecule has 3 aromatic rings. The van der Waals surface area contributed by atoms with Crippen LogP contribution in [0.1, 0.15) is 32.2 Å². The van der Waals surface area contributed by atoms with Crippen LogP contribution in [-0.2, 0) is 4.79 Å². The molecular formula is C27H28N4O3. The molecule has 1 aliphatic heterocycles. The molecular weight excluding hydrogens is 428 g/mol. The lowest BCUT2D eigenvalue weighted by Crippen LogP contribution is -2.52. The van der Waals surface area contributed by atoms with Gasteiger partial charge in [-0.05, 0) is 5.56 Å². The van der Waals surface area contributed by atoms with E-state index in [1.807, 2.05) is 41.3 Å². The Morgan fingerprint density at radius 3 is 1.74 bits per heavy atom. The summed E-state index contributed by atoms with van der Waals surface area (Å²) in [6.45, 7) is 0.874. The van der Waals surface area contributed by atoms with Crippen LogP contribution >= 0.6 is 0 Å². The summed E-state index contributed by atoms with van der Waals surface area (Å²) < 4.78 is 0. The van der Waals surface area contributed by atoms with E-state index in [-0.39, 0.29) is 24.0 Å². The molecule has 1 aromatic heterocycles. The van der Waals surface area contributed by atoms with E-state index in [0.29, 0.717) is 24.2 Å². The molecule has 1 unspecified atom stereocenters. The molecule has 174 valence electrons. The molecule has 7 nitrogen and oxygen atoms in total. The van der Waals surface area contributed by atoms with Crippen LogP contribution in [0.3, 0.4) is 0 Å². The molecule has 2 aromatic carbocycles. The lowest BCUT2D eigenvalue weighted by molar-refractivity contribution is -0.130. The Morgan fingerprint density at radius 2 is 1.29 bits per heavy atom. The van der Waals surface area contributed by atoms with Gasteiger partial charge in [-0.15, -0.1) is 0 Å². The Labute approximate surface area is 199 Å². The van der Waals surface area contributed by atoms with Crippen LogP contribution < -0.4 is 0 Å². The molecule has 0 N–H and O–H groups in total. The number of carbonyl (C=O) groups excluding carboxylic acids is 3. The van der Waals surface area contributed by atoms with Crippen molar-refractivity contribution in [2.45, 2.75) is 5.92 Å². The van der Waals surface area contributed by atoms with Gasteiger partial charge in [-0.2, -0.15) is 0 Å². The molecule has 1 amide bonds. The summed E-state index contributed by atoms with van der Waals surface area (Å²) in [6.07, 6.45) is 4.82. The second-order valence-electron chi connectivity index (χ2n) is 8.85. The minimum absolute atomic E-state index is 0.0534. The van der Waals surface area contributed by atoms with Crippen LogP contribution in [0, 0.1) is 11.8 Å². The van der Waals surface area contributed by atoms with Gasteiger partial charge in [0.2, 0.25) is 5.91 Å². The fraction of sp³-hybridized carbons (Fsp3) is 0.296. The van der Waals surface area contributed by atoms with Gasteiger partial charge in [-0.3, -0.25) is 19.3 Å². The molecule has 3 atom stereocenters. The molecule has 0 saturated carbocycles. The molecule has 0 radical (unpaired) electrons. The van der Waals surface area contributed by atoms with E-state index >= 15 is 0 Å². The number of Topliss-reactive ketones (excluding diaryl/α,β-unsaturated/α-hetero) is 2. The quantitative estimate of drug-likeness (QED) is 0.509. The first-order valence-electron chi connectivity index (χ1n) is 11.3. The minimum atomic E-state index is -0.533. The van der Waals surface area contributed by atoms with Crippen molar-refractivity contribution in [3.8, 4) is 0 Å². The van der Waals surface area contributed by atoms with Crippen LogP contribution in [0.4, 0.5) is 0 Å². The summed E-state index contributed by atoms with van der Waals surface area (Å²) >= 11 is 0. The number of hydrogen-bond donors (Lipinski definition) is 0. The van der Waals surface area contributed by atoms with Crippen molar-refractivity contribution in [3.05, 3.63) is 96.1 Å². The first kappa shape index (κ1) is 23.4. The zero-order valence-electron chi connectivity index (χ0n) is 19.4. The van der Waals surface area contributed by atoms with Gasteiger partial charge in [0, 0.05) is 68.5 Å². The van der Waals surface area contributed by atoms with Crippen molar-refractivity contribution in [2.24, 2.45) is 11.8 Å². The van der Waals surface area contributed by atoms with Gasteiger partial charge in [0.1, 0.15) is 6.33 Å². The molecule has 1 fully saturated rings. The number of rotatable bonds is 7. The van der Waals surface area contributed by atoms with Crippen LogP contribution in [0.2, 0.25) is 0 Å². The predicted molar refractivity (Wildman–Crippen MR) is 128 cm³/mol. The number of amides is 1. The van der Waals surface area contributed by atoms with Crippen molar-refractivity contribution >= 4 is 17.5 Å². The maximum Gasteiger partial charge on any atom is 0.236 e. The number of likely N-dealkylation sites (N-methyl/N-ethyl adjacent to an activating group) is 1. The Balaban J connectivity index is 1.78. The minimum Gasteiger partial charge on any atom is -0.348 e. The summed E-state index contributed by atoms with van der Waals surface area (Å²) in [4.78, 5) is 51.9. The Kier molecular flexibility index (Phi) is 7.23. The summed E-state index contributed by atoms with van der Waals surface area (Å²) in [5, 5.41) is 0. The second-order valence-corrected chi connectivity index (χ2v) is 8.85. The summed E-state index contributed by atoms with van der Waals surface area (Å²) in [5.41, 5.74) is 1.92. The van der Waals surface area contributed by atoms with Crippen molar-refractivity contribution in [2.75, 3.05) is 33.7 Å². The van der Waals surface area contributed by atoms with E-state index in [0.717, 1.165) is 5.56 Å². The Hall–Kier alpha value is -3.71. The first-order valence-corrected chi connectivity index (χ1v) is 11.3. The third-order valence-electron chi connectivity index (χ3n) is 6.39. The largest absolute Gasteiger partial charge is 0.348 e.